The van der Waals surface area contributed by atoms with E-state index in [1.165, 1.54) is 23.0 Å². The van der Waals surface area contributed by atoms with Crippen molar-refractivity contribution >= 4 is 60.6 Å². The summed E-state index contributed by atoms with van der Waals surface area (Å²) in [6.07, 6.45) is -11.1. The zero-order chi connectivity index (χ0) is 42.5. The SMILES string of the molecule is Cc1ccc(C(=O)Oc2ccc(CSP3(=O)OC[C@H]4O[C@@H](N5C=CC(=O)CC5=O)[C@H](OP(=O)(O)OC[C@H]5O[C@@H](n6cnc7c(N)ncnc76)[C@H](F)[C@@H]5O3)[C@@H]4F)cc2)c(C)c1. The number of alkyl halides is 2. The molecule has 2 aromatic heterocycles. The van der Waals surface area contributed by atoms with Gasteiger partial charge in [0.25, 0.3) is 0 Å². The Morgan fingerprint density at radius 1 is 0.967 bits per heavy atom. The Balaban J connectivity index is 1.07. The molecule has 0 spiro atoms. The number of rotatable bonds is 7. The number of anilines is 1. The van der Waals surface area contributed by atoms with Crippen molar-refractivity contribution in [3.05, 3.63) is 89.6 Å². The number of carbonyl (C=O) groups excluding carboxylic acids is 3. The average molecular weight is 893 g/mol. The molecule has 2 unspecified atom stereocenters. The minimum Gasteiger partial charge on any atom is -0.423 e. The highest BCUT2D eigenvalue weighted by Crippen LogP contribution is 2.64. The molecule has 0 saturated carbocycles. The van der Waals surface area contributed by atoms with Crippen LogP contribution >= 0.6 is 26.0 Å². The molecule has 1 amide bonds. The summed E-state index contributed by atoms with van der Waals surface area (Å²) < 4.78 is 102. The van der Waals surface area contributed by atoms with Gasteiger partial charge in [0.2, 0.25) is 5.91 Å². The lowest BCUT2D eigenvalue weighted by Crippen LogP contribution is -2.46. The third kappa shape index (κ3) is 8.67. The number of hydrogen-bond acceptors (Lipinski definition) is 17. The molecular weight excluding hydrogens is 856 g/mol. The number of esters is 1. The normalized spacial score (nSPS) is 32.3. The van der Waals surface area contributed by atoms with Gasteiger partial charge in [0.15, 0.2) is 42.0 Å². The number of nitrogen functional groups attached to an aromatic ring is 1. The van der Waals surface area contributed by atoms with E-state index in [0.29, 0.717) is 22.5 Å². The summed E-state index contributed by atoms with van der Waals surface area (Å²) in [7, 11) is -5.28. The van der Waals surface area contributed by atoms with Crippen molar-refractivity contribution in [1.82, 2.24) is 24.4 Å². The molecule has 6 heterocycles. The molecule has 318 valence electrons. The van der Waals surface area contributed by atoms with E-state index in [1.807, 2.05) is 13.0 Å². The van der Waals surface area contributed by atoms with Gasteiger partial charge in [0.1, 0.15) is 42.0 Å². The lowest BCUT2D eigenvalue weighted by Gasteiger charge is -2.31. The van der Waals surface area contributed by atoms with Gasteiger partial charge < -0.3 is 24.8 Å². The van der Waals surface area contributed by atoms with Crippen molar-refractivity contribution in [2.45, 2.75) is 75.2 Å². The van der Waals surface area contributed by atoms with Crippen LogP contribution in [0.3, 0.4) is 0 Å². The molecule has 0 aliphatic carbocycles. The Labute approximate surface area is 343 Å². The van der Waals surface area contributed by atoms with Gasteiger partial charge in [-0.25, -0.2) is 37.7 Å². The molecule has 3 N–H and O–H groups in total. The third-order valence-corrected chi connectivity index (χ3v) is 14.6. The van der Waals surface area contributed by atoms with E-state index >= 15 is 8.78 Å². The molecule has 0 radical (unpaired) electrons. The molecular formula is C36H36F2N6O13P2S. The highest BCUT2D eigenvalue weighted by Gasteiger charge is 2.56. The zero-order valence-corrected chi connectivity index (χ0v) is 34.1. The fourth-order valence-electron chi connectivity index (χ4n) is 6.95. The number of nitrogens with zero attached hydrogens (tertiary/aromatic N) is 5. The van der Waals surface area contributed by atoms with Crippen LogP contribution in [0.5, 0.6) is 5.75 Å². The van der Waals surface area contributed by atoms with Crippen molar-refractivity contribution in [1.29, 1.82) is 0 Å². The maximum Gasteiger partial charge on any atom is 0.472 e. The standard InChI is InChI=1S/C36H36F2N6O13P2S/c1-18-3-8-23(19(2)11-18)36(47)53-22-6-4-20(5-7-22)15-60-59(50)52-13-24-27(37)31(35(54-24)43-10-9-21(45)12-26(43)46)56-58(48,49)51-14-25-30(57-59)28(38)34(55-25)44-17-42-29-32(39)40-16-41-33(29)44/h3-11,16-17,24-25,27-28,30-31,34-35H,12-15H2,1-2H3,(H,48,49)(H2,39,40,41)/t24-,25-,27-,28-,30-,31-,34-,35-,59?/m1/s1. The Morgan fingerprint density at radius 3 is 2.47 bits per heavy atom. The first-order valence-electron chi connectivity index (χ1n) is 18.2. The highest BCUT2D eigenvalue weighted by atomic mass is 32.7. The van der Waals surface area contributed by atoms with E-state index in [2.05, 4.69) is 15.0 Å². The van der Waals surface area contributed by atoms with Crippen LogP contribution in [0, 0.1) is 13.8 Å². The number of carbonyl (C=O) groups is 3. The number of aromatic nitrogens is 4. The number of benzene rings is 2. The fourth-order valence-corrected chi connectivity index (χ4v) is 11.3. The summed E-state index contributed by atoms with van der Waals surface area (Å²) in [4.78, 5) is 61.3. The average Bonchev–Trinajstić information content (AvgIpc) is 3.86. The molecule has 4 aromatic rings. The molecule has 4 aliphatic rings. The first-order valence-corrected chi connectivity index (χ1v) is 22.9. The van der Waals surface area contributed by atoms with E-state index in [9.17, 15) is 28.4 Å². The number of nitrogens with two attached hydrogens (primary N) is 1. The van der Waals surface area contributed by atoms with E-state index in [1.54, 1.807) is 31.2 Å². The predicted octanol–water partition coefficient (Wildman–Crippen LogP) is 4.82. The van der Waals surface area contributed by atoms with Crippen LogP contribution in [0.15, 0.2) is 67.4 Å². The highest BCUT2D eigenvalue weighted by molar-refractivity contribution is 8.54. The van der Waals surface area contributed by atoms with Gasteiger partial charge in [0.05, 0.1) is 31.5 Å². The topological polar surface area (TPSA) is 243 Å². The van der Waals surface area contributed by atoms with Crippen molar-refractivity contribution in [2.75, 3.05) is 18.9 Å². The maximum atomic E-state index is 16.7. The number of aryl methyl sites for hydroxylation is 2. The molecule has 24 heteroatoms. The van der Waals surface area contributed by atoms with Crippen LogP contribution in [0.1, 0.15) is 39.7 Å². The lowest BCUT2D eigenvalue weighted by atomic mass is 10.1. The Bertz CT molecular complexity index is 2460. The monoisotopic (exact) mass is 892 g/mol. The van der Waals surface area contributed by atoms with Crippen molar-refractivity contribution in [2.24, 2.45) is 0 Å². The Kier molecular flexibility index (Phi) is 11.8. The Morgan fingerprint density at radius 2 is 1.72 bits per heavy atom. The molecule has 60 heavy (non-hydrogen) atoms. The molecule has 3 saturated heterocycles. The number of allylic oxidation sites excluding steroid dienone is 1. The van der Waals surface area contributed by atoms with Crippen molar-refractivity contribution in [3.63, 3.8) is 0 Å². The summed E-state index contributed by atoms with van der Waals surface area (Å²) in [6, 6.07) is 11.5. The molecule has 2 bridgehead atoms. The minimum atomic E-state index is -5.28. The van der Waals surface area contributed by atoms with Gasteiger partial charge in [-0.3, -0.25) is 37.2 Å². The summed E-state index contributed by atoms with van der Waals surface area (Å²) in [5.41, 5.74) is 8.74. The first kappa shape index (κ1) is 42.2. The van der Waals surface area contributed by atoms with Crippen LogP contribution < -0.4 is 10.5 Å². The number of hydrogen-bond donors (Lipinski definition) is 2. The van der Waals surface area contributed by atoms with E-state index in [4.69, 9.17) is 38.0 Å². The van der Waals surface area contributed by atoms with Crippen LogP contribution in [0.2, 0.25) is 0 Å². The van der Waals surface area contributed by atoms with E-state index in [0.717, 1.165) is 34.6 Å². The van der Waals surface area contributed by atoms with Crippen LogP contribution in [0.4, 0.5) is 14.6 Å². The van der Waals surface area contributed by atoms with Gasteiger partial charge in [0, 0.05) is 12.0 Å². The van der Waals surface area contributed by atoms with Crippen molar-refractivity contribution < 1.29 is 69.5 Å². The molecule has 10 atom stereocenters. The number of halogens is 2. The number of phosphoric acid groups is 1. The fraction of sp³-hybridized carbons (Fsp3) is 0.389. The second-order valence-electron chi connectivity index (χ2n) is 14.1. The second kappa shape index (κ2) is 16.8. The second-order valence-corrected chi connectivity index (χ2v) is 19.6. The quantitative estimate of drug-likeness (QED) is 0.109. The number of amides is 1. The number of ketones is 1. The molecule has 4 aliphatic heterocycles. The lowest BCUT2D eigenvalue weighted by molar-refractivity contribution is -0.148. The van der Waals surface area contributed by atoms with Crippen LogP contribution in [0.25, 0.3) is 11.2 Å². The summed E-state index contributed by atoms with van der Waals surface area (Å²) in [6.45, 7) is -2.71. The van der Waals surface area contributed by atoms with Crippen LogP contribution in [-0.2, 0) is 52.0 Å². The number of ether oxygens (including phenoxy) is 3. The predicted molar refractivity (Wildman–Crippen MR) is 205 cm³/mol. The summed E-state index contributed by atoms with van der Waals surface area (Å²) in [5.74, 6) is -1.82. The van der Waals surface area contributed by atoms with Gasteiger partial charge in [-0.2, -0.15) is 0 Å². The first-order chi connectivity index (χ1) is 28.6. The number of imidazole rings is 1. The van der Waals surface area contributed by atoms with Gasteiger partial charge >= 0.3 is 20.6 Å². The van der Waals surface area contributed by atoms with E-state index < -0.39 is 101 Å². The Hall–Kier alpha value is -4.47. The van der Waals surface area contributed by atoms with Crippen molar-refractivity contribution in [3.8, 4) is 5.75 Å². The van der Waals surface area contributed by atoms with Gasteiger partial charge in [-0.1, -0.05) is 29.8 Å². The molecule has 2 aromatic carbocycles. The van der Waals surface area contributed by atoms with Crippen LogP contribution in [-0.4, -0.2) is 103 Å². The minimum absolute atomic E-state index is 0.0100. The third-order valence-electron chi connectivity index (χ3n) is 9.93. The summed E-state index contributed by atoms with van der Waals surface area (Å²) >= 11 is 0.597. The maximum absolute atomic E-state index is 16.7. The van der Waals surface area contributed by atoms with Gasteiger partial charge in [-0.05, 0) is 60.6 Å². The van der Waals surface area contributed by atoms with E-state index in [-0.39, 0.29) is 28.5 Å². The number of fused-ring (bicyclic) bond motifs is 4. The van der Waals surface area contributed by atoms with Gasteiger partial charge in [-0.15, -0.1) is 0 Å². The summed E-state index contributed by atoms with van der Waals surface area (Å²) in [5, 5.41) is 0. The zero-order valence-electron chi connectivity index (χ0n) is 31.5. The molecule has 19 nitrogen and oxygen atoms in total. The smallest absolute Gasteiger partial charge is 0.423 e. The number of phosphoric ester groups is 1. The largest absolute Gasteiger partial charge is 0.472 e. The molecule has 3 fully saturated rings. The molecule has 8 rings (SSSR count).